The maximum atomic E-state index is 12.6. The molecule has 1 unspecified atom stereocenters. The predicted octanol–water partition coefficient (Wildman–Crippen LogP) is 5.54. The van der Waals surface area contributed by atoms with E-state index in [4.69, 9.17) is 9.84 Å². The largest absolute Gasteiger partial charge is 0.459 e. The summed E-state index contributed by atoms with van der Waals surface area (Å²) in [5.41, 5.74) is 2.36. The van der Waals surface area contributed by atoms with E-state index in [2.05, 4.69) is 31.2 Å². The lowest BCUT2D eigenvalue weighted by Gasteiger charge is -2.25. The van der Waals surface area contributed by atoms with E-state index in [1.165, 1.54) is 42.6 Å². The third-order valence-corrected chi connectivity index (χ3v) is 7.13. The van der Waals surface area contributed by atoms with Crippen molar-refractivity contribution in [3.8, 4) is 0 Å². The minimum atomic E-state index is -0.378. The molecule has 1 N–H and O–H groups in total. The first kappa shape index (κ1) is 24.5. The van der Waals surface area contributed by atoms with E-state index in [1.54, 1.807) is 6.07 Å². The maximum Gasteiger partial charge on any atom is 0.348 e. The average Bonchev–Trinajstić information content (AvgIpc) is 3.42. The number of benzene rings is 1. The lowest BCUT2D eigenvalue weighted by atomic mass is 10.0. The van der Waals surface area contributed by atoms with Crippen molar-refractivity contribution in [2.24, 2.45) is 0 Å². The van der Waals surface area contributed by atoms with Gasteiger partial charge >= 0.3 is 5.97 Å². The second-order valence-corrected chi connectivity index (χ2v) is 9.62. The summed E-state index contributed by atoms with van der Waals surface area (Å²) in [4.78, 5) is 28.2. The molecule has 1 aliphatic rings. The van der Waals surface area contributed by atoms with Crippen LogP contribution in [0.1, 0.15) is 78.4 Å². The number of anilines is 1. The molecule has 1 amide bonds. The summed E-state index contributed by atoms with van der Waals surface area (Å²) >= 11 is 1.45. The Balaban J connectivity index is 1.50. The van der Waals surface area contributed by atoms with Crippen molar-refractivity contribution >= 4 is 28.9 Å². The van der Waals surface area contributed by atoms with Gasteiger partial charge in [0.2, 0.25) is 5.91 Å². The molecule has 0 spiro atoms. The standard InChI is InChI=1S/C26H35NO4S/c1-2-3-4-5-7-20-10-12-22(13-11-20)27-21(14-17-25(27)29)8-6-9-23-15-16-24(32-23)26(30)31-19-18-28/h10-13,15-16,21,28H,2-9,14,17-19H2,1H3. The fourth-order valence-corrected chi connectivity index (χ4v) is 5.24. The van der Waals surface area contributed by atoms with Crippen LogP contribution in [-0.2, 0) is 22.4 Å². The van der Waals surface area contributed by atoms with Crippen LogP contribution in [0.5, 0.6) is 0 Å². The van der Waals surface area contributed by atoms with Gasteiger partial charge in [0, 0.05) is 23.0 Å². The number of unbranched alkanes of at least 4 members (excludes halogenated alkanes) is 3. The molecule has 1 atom stereocenters. The number of aliphatic hydroxyl groups is 1. The van der Waals surface area contributed by atoms with Gasteiger partial charge in [-0.05, 0) is 68.4 Å². The predicted molar refractivity (Wildman–Crippen MR) is 129 cm³/mol. The van der Waals surface area contributed by atoms with Crippen LogP contribution in [0.4, 0.5) is 5.69 Å². The van der Waals surface area contributed by atoms with Gasteiger partial charge in [-0.15, -0.1) is 11.3 Å². The number of nitrogens with zero attached hydrogens (tertiary/aromatic N) is 1. The molecule has 0 aliphatic carbocycles. The fraction of sp³-hybridized carbons (Fsp3) is 0.538. The fourth-order valence-electron chi connectivity index (χ4n) is 4.29. The van der Waals surface area contributed by atoms with E-state index in [9.17, 15) is 9.59 Å². The number of hydrogen-bond donors (Lipinski definition) is 1. The third-order valence-electron chi connectivity index (χ3n) is 6.01. The molecule has 2 heterocycles. The van der Waals surface area contributed by atoms with Crippen LogP contribution in [0, 0.1) is 0 Å². The van der Waals surface area contributed by atoms with Crippen molar-refractivity contribution in [3.05, 3.63) is 51.7 Å². The number of carbonyl (C=O) groups is 2. The Morgan fingerprint density at radius 3 is 2.66 bits per heavy atom. The number of carbonyl (C=O) groups excluding carboxylic acids is 2. The highest BCUT2D eigenvalue weighted by atomic mass is 32.1. The molecule has 5 nitrogen and oxygen atoms in total. The minimum Gasteiger partial charge on any atom is -0.459 e. The van der Waals surface area contributed by atoms with Gasteiger partial charge in [0.15, 0.2) is 0 Å². The molecule has 3 rings (SSSR count). The molecule has 0 saturated carbocycles. The van der Waals surface area contributed by atoms with Crippen molar-refractivity contribution in [2.45, 2.75) is 77.2 Å². The first-order chi connectivity index (χ1) is 15.6. The SMILES string of the molecule is CCCCCCc1ccc(N2C(=O)CCC2CCCc2ccc(C(=O)OCCO)s2)cc1. The summed E-state index contributed by atoms with van der Waals surface area (Å²) in [6.07, 6.45) is 10.5. The molecule has 0 bridgehead atoms. The number of aliphatic hydroxyl groups excluding tert-OH is 1. The lowest BCUT2D eigenvalue weighted by molar-refractivity contribution is -0.117. The van der Waals surface area contributed by atoms with Crippen LogP contribution in [0.3, 0.4) is 0 Å². The number of aryl methyl sites for hydroxylation is 2. The number of thiophene rings is 1. The Kier molecular flexibility index (Phi) is 9.75. The van der Waals surface area contributed by atoms with Gasteiger partial charge in [-0.3, -0.25) is 4.79 Å². The molecule has 1 aliphatic heterocycles. The van der Waals surface area contributed by atoms with Crippen LogP contribution in [0.15, 0.2) is 36.4 Å². The first-order valence-electron chi connectivity index (χ1n) is 11.9. The molecule has 2 aromatic rings. The van der Waals surface area contributed by atoms with Gasteiger partial charge in [-0.1, -0.05) is 38.3 Å². The molecular weight excluding hydrogens is 422 g/mol. The van der Waals surface area contributed by atoms with Gasteiger partial charge in [0.25, 0.3) is 0 Å². The van der Waals surface area contributed by atoms with Crippen molar-refractivity contribution in [3.63, 3.8) is 0 Å². The second kappa shape index (κ2) is 12.8. The lowest BCUT2D eigenvalue weighted by Crippen LogP contribution is -2.32. The molecule has 32 heavy (non-hydrogen) atoms. The van der Waals surface area contributed by atoms with Crippen molar-refractivity contribution < 1.29 is 19.4 Å². The summed E-state index contributed by atoms with van der Waals surface area (Å²) in [5.74, 6) is -0.160. The highest BCUT2D eigenvalue weighted by Gasteiger charge is 2.31. The van der Waals surface area contributed by atoms with Crippen LogP contribution >= 0.6 is 11.3 Å². The summed E-state index contributed by atoms with van der Waals surface area (Å²) in [6, 6.07) is 12.6. The molecule has 0 radical (unpaired) electrons. The number of rotatable bonds is 13. The Hall–Kier alpha value is -2.18. The van der Waals surface area contributed by atoms with E-state index in [1.807, 2.05) is 11.0 Å². The van der Waals surface area contributed by atoms with Crippen molar-refractivity contribution in [2.75, 3.05) is 18.1 Å². The number of amides is 1. The van der Waals surface area contributed by atoms with Crippen molar-refractivity contribution in [1.29, 1.82) is 0 Å². The van der Waals surface area contributed by atoms with Gasteiger partial charge in [0.1, 0.15) is 11.5 Å². The van der Waals surface area contributed by atoms with Crippen LogP contribution < -0.4 is 4.90 Å². The molecule has 1 saturated heterocycles. The number of ether oxygens (including phenoxy) is 1. The smallest absolute Gasteiger partial charge is 0.348 e. The highest BCUT2D eigenvalue weighted by molar-refractivity contribution is 7.13. The average molecular weight is 458 g/mol. The van der Waals surface area contributed by atoms with Gasteiger partial charge < -0.3 is 14.7 Å². The highest BCUT2D eigenvalue weighted by Crippen LogP contribution is 2.30. The second-order valence-electron chi connectivity index (χ2n) is 8.45. The van der Waals surface area contributed by atoms with E-state index in [-0.39, 0.29) is 31.1 Å². The Morgan fingerprint density at radius 2 is 1.91 bits per heavy atom. The zero-order valence-electron chi connectivity index (χ0n) is 19.1. The minimum absolute atomic E-state index is 0.0252. The van der Waals surface area contributed by atoms with Crippen LogP contribution in [0.2, 0.25) is 0 Å². The van der Waals surface area contributed by atoms with Gasteiger partial charge in [-0.25, -0.2) is 4.79 Å². The zero-order valence-corrected chi connectivity index (χ0v) is 19.9. The van der Waals surface area contributed by atoms with E-state index in [0.717, 1.165) is 42.7 Å². The molecular formula is C26H35NO4S. The molecule has 1 fully saturated rings. The van der Waals surface area contributed by atoms with Crippen LogP contribution in [-0.4, -0.2) is 36.2 Å². The Labute approximate surface area is 195 Å². The zero-order chi connectivity index (χ0) is 22.8. The molecule has 1 aromatic heterocycles. The van der Waals surface area contributed by atoms with Crippen LogP contribution in [0.25, 0.3) is 0 Å². The summed E-state index contributed by atoms with van der Waals surface area (Å²) in [7, 11) is 0. The number of esters is 1. The summed E-state index contributed by atoms with van der Waals surface area (Å²) in [6.45, 7) is 2.09. The summed E-state index contributed by atoms with van der Waals surface area (Å²) in [5, 5.41) is 8.77. The Morgan fingerprint density at radius 1 is 1.09 bits per heavy atom. The summed E-state index contributed by atoms with van der Waals surface area (Å²) < 4.78 is 4.97. The molecule has 1 aromatic carbocycles. The normalized spacial score (nSPS) is 16.0. The third kappa shape index (κ3) is 6.91. The number of hydrogen-bond acceptors (Lipinski definition) is 5. The van der Waals surface area contributed by atoms with E-state index >= 15 is 0 Å². The van der Waals surface area contributed by atoms with Gasteiger partial charge in [-0.2, -0.15) is 0 Å². The topological polar surface area (TPSA) is 66.8 Å². The Bertz CT molecular complexity index is 861. The molecule has 174 valence electrons. The molecule has 6 heteroatoms. The maximum absolute atomic E-state index is 12.6. The quantitative estimate of drug-likeness (QED) is 0.317. The van der Waals surface area contributed by atoms with E-state index in [0.29, 0.717) is 11.3 Å². The van der Waals surface area contributed by atoms with Crippen molar-refractivity contribution in [1.82, 2.24) is 0 Å². The first-order valence-corrected chi connectivity index (χ1v) is 12.7. The van der Waals surface area contributed by atoms with Gasteiger partial charge in [0.05, 0.1) is 6.61 Å². The monoisotopic (exact) mass is 457 g/mol. The van der Waals surface area contributed by atoms with E-state index < -0.39 is 0 Å².